The van der Waals surface area contributed by atoms with Crippen LogP contribution in [-0.4, -0.2) is 4.62 Å². The van der Waals surface area contributed by atoms with E-state index in [0.717, 1.165) is 0 Å². The lowest BCUT2D eigenvalue weighted by Gasteiger charge is -2.14. The zero-order valence-corrected chi connectivity index (χ0v) is 7.24. The summed E-state index contributed by atoms with van der Waals surface area (Å²) >= 11 is 16.5. The normalized spacial score (nSPS) is 12.9. The third-order valence-corrected chi connectivity index (χ3v) is 4.77. The summed E-state index contributed by atoms with van der Waals surface area (Å²) in [6, 6.07) is 0. The maximum Gasteiger partial charge on any atom is 0.106 e. The zero-order chi connectivity index (χ0) is 6.08. The van der Waals surface area contributed by atoms with Gasteiger partial charge >= 0.3 is 0 Å². The third kappa shape index (κ3) is 3.85. The van der Waals surface area contributed by atoms with Crippen molar-refractivity contribution in [3.05, 3.63) is 0 Å². The molecule has 0 atom stereocenters. The summed E-state index contributed by atoms with van der Waals surface area (Å²) in [6.45, 7) is 2.55. The second kappa shape index (κ2) is 2.73. The Morgan fingerprint density at radius 3 is 1.43 bits per heavy atom. The van der Waals surface area contributed by atoms with Crippen molar-refractivity contribution < 1.29 is 0 Å². The molecule has 44 valence electrons. The molecule has 0 nitrogen and oxygen atoms in total. The van der Waals surface area contributed by atoms with E-state index in [1.165, 1.54) is 0 Å². The summed E-state index contributed by atoms with van der Waals surface area (Å²) in [5, 5.41) is 0. The molecule has 0 heterocycles. The lowest BCUT2D eigenvalue weighted by atomic mass is 10.6. The molecule has 0 rings (SSSR count). The number of halogens is 3. The van der Waals surface area contributed by atoms with Crippen molar-refractivity contribution in [2.24, 2.45) is 0 Å². The van der Waals surface area contributed by atoms with E-state index in [2.05, 4.69) is 0 Å². The van der Waals surface area contributed by atoms with Crippen LogP contribution in [0.25, 0.3) is 0 Å². The Morgan fingerprint density at radius 1 is 1.29 bits per heavy atom. The number of alkyl halides is 1. The maximum atomic E-state index is 5.63. The third-order valence-electron chi connectivity index (χ3n) is 0.402. The molecule has 0 aliphatic rings. The van der Waals surface area contributed by atoms with Gasteiger partial charge in [0.25, 0.3) is 0 Å². The monoisotopic (exact) mass is 178 g/mol. The SMILES string of the molecule is CC(C)(Cl)P(Cl)Cl. The molecule has 0 amide bonds. The fraction of sp³-hybridized carbons (Fsp3) is 1.00. The smallest absolute Gasteiger partial charge is 0.106 e. The zero-order valence-electron chi connectivity index (χ0n) is 4.08. The molecule has 0 aliphatic carbocycles. The second-order valence-corrected chi connectivity index (χ2v) is 6.98. The second-order valence-electron chi connectivity index (χ2n) is 1.64. The van der Waals surface area contributed by atoms with Crippen LogP contribution in [0, 0.1) is 0 Å². The predicted molar refractivity (Wildman–Crippen MR) is 38.6 cm³/mol. The summed E-state index contributed by atoms with van der Waals surface area (Å²) in [6.07, 6.45) is 0. The molecule has 0 unspecified atom stereocenters. The average Bonchev–Trinajstić information content (AvgIpc) is 1.31. The van der Waals surface area contributed by atoms with E-state index in [4.69, 9.17) is 34.1 Å². The minimum atomic E-state index is -1.03. The molecule has 0 spiro atoms. The maximum absolute atomic E-state index is 5.63. The van der Waals surface area contributed by atoms with E-state index in [1.807, 2.05) is 0 Å². The minimum absolute atomic E-state index is 0.432. The number of hydrogen-bond donors (Lipinski definition) is 0. The van der Waals surface area contributed by atoms with Crippen LogP contribution in [0.5, 0.6) is 0 Å². The molecular formula is C3H6Cl3P. The van der Waals surface area contributed by atoms with Gasteiger partial charge in [-0.05, 0) is 13.8 Å². The molecule has 0 bridgehead atoms. The number of hydrogen-bond acceptors (Lipinski definition) is 0. The summed E-state index contributed by atoms with van der Waals surface area (Å²) in [5.74, 6) is 0. The van der Waals surface area contributed by atoms with Crippen molar-refractivity contribution in [2.75, 3.05) is 0 Å². The average molecular weight is 179 g/mol. The fourth-order valence-corrected chi connectivity index (χ4v) is 0. The van der Waals surface area contributed by atoms with Gasteiger partial charge in [-0.1, -0.05) is 22.5 Å². The van der Waals surface area contributed by atoms with Crippen LogP contribution >= 0.6 is 40.7 Å². The van der Waals surface area contributed by atoms with Crippen molar-refractivity contribution in [3.8, 4) is 0 Å². The van der Waals surface area contributed by atoms with E-state index >= 15 is 0 Å². The molecule has 0 aromatic heterocycles. The first-order valence-electron chi connectivity index (χ1n) is 1.75. The van der Waals surface area contributed by atoms with Crippen molar-refractivity contribution in [3.63, 3.8) is 0 Å². The van der Waals surface area contributed by atoms with Crippen LogP contribution in [0.15, 0.2) is 0 Å². The van der Waals surface area contributed by atoms with Gasteiger partial charge < -0.3 is 0 Å². The Labute approximate surface area is 59.5 Å². The first-order valence-corrected chi connectivity index (χ1v) is 5.28. The van der Waals surface area contributed by atoms with E-state index < -0.39 is 11.2 Å². The first kappa shape index (κ1) is 8.30. The molecule has 0 saturated heterocycles. The van der Waals surface area contributed by atoms with Crippen LogP contribution < -0.4 is 0 Å². The molecular weight excluding hydrogens is 173 g/mol. The topological polar surface area (TPSA) is 0 Å². The van der Waals surface area contributed by atoms with Gasteiger partial charge in [-0.15, -0.1) is 11.6 Å². The lowest BCUT2D eigenvalue weighted by Crippen LogP contribution is -1.99. The highest BCUT2D eigenvalue weighted by molar-refractivity contribution is 8.05. The van der Waals surface area contributed by atoms with Crippen molar-refractivity contribution >= 4 is 40.7 Å². The lowest BCUT2D eigenvalue weighted by molar-refractivity contribution is 1.01. The molecule has 0 aromatic rings. The van der Waals surface area contributed by atoms with Crippen molar-refractivity contribution in [2.45, 2.75) is 18.5 Å². The quantitative estimate of drug-likeness (QED) is 0.425. The highest BCUT2D eigenvalue weighted by Crippen LogP contribution is 2.60. The van der Waals surface area contributed by atoms with E-state index in [-0.39, 0.29) is 0 Å². The van der Waals surface area contributed by atoms with Gasteiger partial charge in [0.05, 0.1) is 4.62 Å². The molecule has 7 heavy (non-hydrogen) atoms. The Hall–Kier alpha value is 1.30. The van der Waals surface area contributed by atoms with Gasteiger partial charge in [-0.3, -0.25) is 0 Å². The highest BCUT2D eigenvalue weighted by Gasteiger charge is 2.22. The predicted octanol–water partition coefficient (Wildman–Crippen LogP) is 3.75. The Kier molecular flexibility index (Phi) is 3.24. The Morgan fingerprint density at radius 2 is 1.43 bits per heavy atom. The van der Waals surface area contributed by atoms with Crippen molar-refractivity contribution in [1.82, 2.24) is 0 Å². The van der Waals surface area contributed by atoms with E-state index in [0.29, 0.717) is 0 Å². The standard InChI is InChI=1S/C3H6Cl3P/c1-3(2,4)7(5)6/h1-2H3. The first-order chi connectivity index (χ1) is 2.94. The van der Waals surface area contributed by atoms with Gasteiger partial charge in [-0.2, -0.15) is 0 Å². The summed E-state index contributed by atoms with van der Waals surface area (Å²) in [5.41, 5.74) is 0. The minimum Gasteiger partial charge on any atom is -0.112 e. The van der Waals surface area contributed by atoms with Crippen LogP contribution in [0.4, 0.5) is 0 Å². The molecule has 0 aromatic carbocycles. The summed E-state index contributed by atoms with van der Waals surface area (Å²) in [4.78, 5) is 0. The molecule has 0 radical (unpaired) electrons. The molecule has 0 saturated carbocycles. The van der Waals surface area contributed by atoms with Crippen LogP contribution in [0.2, 0.25) is 0 Å². The van der Waals surface area contributed by atoms with Gasteiger partial charge in [0, 0.05) is 0 Å². The van der Waals surface area contributed by atoms with Gasteiger partial charge in [0.1, 0.15) is 6.63 Å². The van der Waals surface area contributed by atoms with Crippen molar-refractivity contribution in [1.29, 1.82) is 0 Å². The van der Waals surface area contributed by atoms with Gasteiger partial charge in [0.15, 0.2) is 0 Å². The molecule has 0 aliphatic heterocycles. The van der Waals surface area contributed by atoms with Crippen LogP contribution in [-0.2, 0) is 0 Å². The van der Waals surface area contributed by atoms with Gasteiger partial charge in [-0.25, -0.2) is 0 Å². The Bertz CT molecular complexity index is 55.7. The van der Waals surface area contributed by atoms with E-state index in [1.54, 1.807) is 13.8 Å². The molecule has 4 heteroatoms. The van der Waals surface area contributed by atoms with Crippen LogP contribution in [0.1, 0.15) is 13.8 Å². The van der Waals surface area contributed by atoms with Crippen LogP contribution in [0.3, 0.4) is 0 Å². The highest BCUT2D eigenvalue weighted by atomic mass is 35.9. The Balaban J connectivity index is 3.54. The number of rotatable bonds is 1. The van der Waals surface area contributed by atoms with Gasteiger partial charge in [0.2, 0.25) is 0 Å². The fourth-order valence-electron chi connectivity index (χ4n) is 0. The van der Waals surface area contributed by atoms with E-state index in [9.17, 15) is 0 Å². The molecule has 0 fully saturated rings. The summed E-state index contributed by atoms with van der Waals surface area (Å²) < 4.78 is -0.432. The largest absolute Gasteiger partial charge is 0.112 e. The summed E-state index contributed by atoms with van der Waals surface area (Å²) in [7, 11) is 0. The molecule has 0 N–H and O–H groups in total.